The van der Waals surface area contributed by atoms with Crippen molar-refractivity contribution >= 4 is 56.3 Å². The number of oxazole rings is 1. The molecule has 0 bridgehead atoms. The lowest BCUT2D eigenvalue weighted by Gasteiger charge is -2.32. The first-order chi connectivity index (χ1) is 15.8. The molecule has 4 rings (SSSR count). The fraction of sp³-hybridized carbons (Fsp3) is 0.381. The normalized spacial score (nSPS) is 15.1. The van der Waals surface area contributed by atoms with E-state index in [9.17, 15) is 13.2 Å². The number of carbonyl (C=O) groups is 1. The molecule has 0 spiro atoms. The molecule has 176 valence electrons. The number of halogens is 2. The number of rotatable bonds is 7. The molecule has 1 saturated heterocycles. The average Bonchev–Trinajstić information content (AvgIpc) is 3.43. The maximum Gasteiger partial charge on any atom is 0.273 e. The first kappa shape index (κ1) is 24.0. The number of aromatic nitrogens is 2. The molecule has 1 aliphatic rings. The van der Waals surface area contributed by atoms with Crippen molar-refractivity contribution in [2.45, 2.75) is 36.8 Å². The van der Waals surface area contributed by atoms with Crippen LogP contribution in [0, 0.1) is 5.92 Å². The number of thiophene rings is 1. The molecule has 4 heterocycles. The Kier molecular flexibility index (Phi) is 7.28. The number of carbonyl (C=O) groups excluding carboxylic acids is 1. The molecule has 0 radical (unpaired) electrons. The van der Waals surface area contributed by atoms with Crippen LogP contribution in [0.3, 0.4) is 0 Å². The molecule has 3 aromatic heterocycles. The van der Waals surface area contributed by atoms with E-state index in [2.05, 4.69) is 21.6 Å². The van der Waals surface area contributed by atoms with E-state index in [1.165, 1.54) is 12.1 Å². The summed E-state index contributed by atoms with van der Waals surface area (Å²) in [7, 11) is -3.92. The Morgan fingerprint density at radius 1 is 1.24 bits per heavy atom. The molecule has 8 nitrogen and oxygen atoms in total. The number of sulfonamides is 1. The smallest absolute Gasteiger partial charge is 0.273 e. The lowest BCUT2D eigenvalue weighted by atomic mass is 9.96. The summed E-state index contributed by atoms with van der Waals surface area (Å²) in [4.78, 5) is 23.3. The van der Waals surface area contributed by atoms with Crippen molar-refractivity contribution in [3.63, 3.8) is 0 Å². The summed E-state index contributed by atoms with van der Waals surface area (Å²) in [5.74, 6) is 0.967. The maximum atomic E-state index is 12.6. The third kappa shape index (κ3) is 5.51. The molecule has 1 N–H and O–H groups in total. The van der Waals surface area contributed by atoms with Crippen molar-refractivity contribution in [1.29, 1.82) is 0 Å². The quantitative estimate of drug-likeness (QED) is 0.470. The molecule has 0 atom stereocenters. The van der Waals surface area contributed by atoms with Gasteiger partial charge in [-0.25, -0.2) is 23.1 Å². The highest BCUT2D eigenvalue weighted by atomic mass is 35.5. The van der Waals surface area contributed by atoms with Gasteiger partial charge in [0.15, 0.2) is 0 Å². The minimum absolute atomic E-state index is 0.0159. The number of piperidine rings is 1. The monoisotopic (exact) mass is 528 g/mol. The van der Waals surface area contributed by atoms with Crippen LogP contribution in [0.15, 0.2) is 39.2 Å². The van der Waals surface area contributed by atoms with Gasteiger partial charge in [0.2, 0.25) is 11.8 Å². The SMILES string of the molecule is CCCc1cnc(-c2cnc(N3CCC(C(=O)NS(=O)(=O)c4ccc(Cl)s4)CC3)c(Cl)c2)o1. The highest BCUT2D eigenvalue weighted by molar-refractivity contribution is 7.92. The number of hydrogen-bond acceptors (Lipinski definition) is 8. The largest absolute Gasteiger partial charge is 0.441 e. The standard InChI is InChI=1S/C21H22Cl2N4O4S2/c1-2-3-15-12-25-21(31-15)14-10-16(22)19(24-11-14)27-8-6-13(7-9-27)20(28)26-33(29,30)18-5-4-17(23)32-18/h4-5,10-13H,2-3,6-9H2,1H3,(H,26,28). The van der Waals surface area contributed by atoms with Crippen LogP contribution in [0.4, 0.5) is 5.82 Å². The number of nitrogens with zero attached hydrogens (tertiary/aromatic N) is 3. The van der Waals surface area contributed by atoms with Crippen molar-refractivity contribution in [2.24, 2.45) is 5.92 Å². The topological polar surface area (TPSA) is 105 Å². The first-order valence-corrected chi connectivity index (χ1v) is 13.5. The Labute approximate surface area is 206 Å². The fourth-order valence-corrected chi connectivity index (χ4v) is 6.46. The van der Waals surface area contributed by atoms with E-state index in [0.29, 0.717) is 52.6 Å². The highest BCUT2D eigenvalue weighted by Gasteiger charge is 2.30. The van der Waals surface area contributed by atoms with Gasteiger partial charge in [-0.15, -0.1) is 11.3 Å². The fourth-order valence-electron chi connectivity index (χ4n) is 3.64. The van der Waals surface area contributed by atoms with Gasteiger partial charge in [0.05, 0.1) is 21.1 Å². The van der Waals surface area contributed by atoms with Crippen molar-refractivity contribution in [1.82, 2.24) is 14.7 Å². The van der Waals surface area contributed by atoms with Crippen molar-refractivity contribution < 1.29 is 17.6 Å². The third-order valence-corrected chi connectivity index (χ3v) is 8.68. The Bertz CT molecular complexity index is 1250. The number of anilines is 1. The van der Waals surface area contributed by atoms with Crippen LogP contribution in [-0.4, -0.2) is 37.4 Å². The summed E-state index contributed by atoms with van der Waals surface area (Å²) >= 11 is 13.2. The number of pyridine rings is 1. The number of amides is 1. The van der Waals surface area contributed by atoms with Crippen LogP contribution in [0.1, 0.15) is 31.9 Å². The molecule has 12 heteroatoms. The molecule has 33 heavy (non-hydrogen) atoms. The van der Waals surface area contributed by atoms with Gasteiger partial charge in [0.1, 0.15) is 15.8 Å². The van der Waals surface area contributed by atoms with E-state index in [-0.39, 0.29) is 4.21 Å². The van der Waals surface area contributed by atoms with E-state index in [1.54, 1.807) is 18.5 Å². The molecule has 1 amide bonds. The Morgan fingerprint density at radius 3 is 2.64 bits per heavy atom. The van der Waals surface area contributed by atoms with E-state index < -0.39 is 21.8 Å². The van der Waals surface area contributed by atoms with Crippen LogP contribution in [0.2, 0.25) is 9.36 Å². The molecular formula is C21H22Cl2N4O4S2. The molecule has 1 aliphatic heterocycles. The van der Waals surface area contributed by atoms with Crippen molar-refractivity contribution in [3.8, 4) is 11.5 Å². The zero-order valence-electron chi connectivity index (χ0n) is 17.8. The van der Waals surface area contributed by atoms with Gasteiger partial charge >= 0.3 is 0 Å². The molecule has 0 aliphatic carbocycles. The molecule has 3 aromatic rings. The minimum atomic E-state index is -3.92. The zero-order chi connectivity index (χ0) is 23.6. The molecule has 0 saturated carbocycles. The van der Waals surface area contributed by atoms with Crippen LogP contribution in [-0.2, 0) is 21.2 Å². The van der Waals surface area contributed by atoms with Gasteiger partial charge in [-0.2, -0.15) is 0 Å². The molecule has 0 aromatic carbocycles. The summed E-state index contributed by atoms with van der Waals surface area (Å²) in [6.45, 7) is 3.12. The van der Waals surface area contributed by atoms with Crippen LogP contribution >= 0.6 is 34.5 Å². The van der Waals surface area contributed by atoms with E-state index in [1.807, 2.05) is 4.90 Å². The van der Waals surface area contributed by atoms with Crippen LogP contribution < -0.4 is 9.62 Å². The summed E-state index contributed by atoms with van der Waals surface area (Å²) in [5, 5.41) is 0.461. The lowest BCUT2D eigenvalue weighted by Crippen LogP contribution is -2.42. The van der Waals surface area contributed by atoms with Crippen LogP contribution in [0.25, 0.3) is 11.5 Å². The minimum Gasteiger partial charge on any atom is -0.441 e. The predicted octanol–water partition coefficient (Wildman–Crippen LogP) is 4.78. The molecular weight excluding hydrogens is 507 g/mol. The summed E-state index contributed by atoms with van der Waals surface area (Å²) in [6, 6.07) is 4.63. The lowest BCUT2D eigenvalue weighted by molar-refractivity contribution is -0.123. The maximum absolute atomic E-state index is 12.6. The summed E-state index contributed by atoms with van der Waals surface area (Å²) in [6.07, 6.45) is 6.12. The van der Waals surface area contributed by atoms with Gasteiger partial charge in [0.25, 0.3) is 10.0 Å². The molecule has 0 unspecified atom stereocenters. The van der Waals surface area contributed by atoms with Gasteiger partial charge in [-0.3, -0.25) is 4.79 Å². The second-order valence-electron chi connectivity index (χ2n) is 7.70. The number of aryl methyl sites for hydroxylation is 1. The van der Waals surface area contributed by atoms with Gasteiger partial charge in [-0.1, -0.05) is 30.1 Å². The van der Waals surface area contributed by atoms with Gasteiger partial charge in [0, 0.05) is 31.6 Å². The van der Waals surface area contributed by atoms with E-state index in [0.717, 1.165) is 29.9 Å². The van der Waals surface area contributed by atoms with Gasteiger partial charge in [-0.05, 0) is 37.5 Å². The Hall–Kier alpha value is -2.14. The Balaban J connectivity index is 1.37. The van der Waals surface area contributed by atoms with Crippen molar-refractivity contribution in [3.05, 3.63) is 45.7 Å². The summed E-state index contributed by atoms with van der Waals surface area (Å²) in [5.41, 5.74) is 0.694. The molecule has 1 fully saturated rings. The Morgan fingerprint density at radius 2 is 2.00 bits per heavy atom. The number of nitrogens with one attached hydrogen (secondary N) is 1. The van der Waals surface area contributed by atoms with E-state index >= 15 is 0 Å². The average molecular weight is 529 g/mol. The predicted molar refractivity (Wildman–Crippen MR) is 128 cm³/mol. The van der Waals surface area contributed by atoms with Crippen LogP contribution in [0.5, 0.6) is 0 Å². The van der Waals surface area contributed by atoms with Crippen molar-refractivity contribution in [2.75, 3.05) is 18.0 Å². The second-order valence-corrected chi connectivity index (χ2v) is 11.7. The first-order valence-electron chi connectivity index (χ1n) is 10.4. The third-order valence-electron chi connectivity index (χ3n) is 5.33. The zero-order valence-corrected chi connectivity index (χ0v) is 20.9. The van der Waals surface area contributed by atoms with E-state index in [4.69, 9.17) is 27.6 Å². The van der Waals surface area contributed by atoms with Gasteiger partial charge < -0.3 is 9.32 Å². The highest BCUT2D eigenvalue weighted by Crippen LogP contribution is 2.32. The summed E-state index contributed by atoms with van der Waals surface area (Å²) < 4.78 is 33.0. The number of hydrogen-bond donors (Lipinski definition) is 1. The second kappa shape index (κ2) is 10.0.